The van der Waals surface area contributed by atoms with Crippen LogP contribution in [-0.2, 0) is 0 Å². The van der Waals surface area contributed by atoms with Crippen LogP contribution in [0.1, 0.15) is 10.5 Å². The van der Waals surface area contributed by atoms with Crippen LogP contribution in [0.5, 0.6) is 0 Å². The number of aromatic amines is 1. The van der Waals surface area contributed by atoms with Gasteiger partial charge in [0.2, 0.25) is 0 Å². The molecule has 1 aliphatic heterocycles. The third kappa shape index (κ3) is 1.76. The van der Waals surface area contributed by atoms with Crippen LogP contribution >= 0.6 is 0 Å². The van der Waals surface area contributed by atoms with E-state index < -0.39 is 0 Å². The molecule has 0 bridgehead atoms. The lowest BCUT2D eigenvalue weighted by atomic mass is 10.2. The molecule has 17 heavy (non-hydrogen) atoms. The number of fused-ring (bicyclic) bond motifs is 1. The first-order valence-electron chi connectivity index (χ1n) is 5.65. The molecule has 3 heterocycles. The fourth-order valence-electron chi connectivity index (χ4n) is 2.04. The molecule has 0 unspecified atom stereocenters. The summed E-state index contributed by atoms with van der Waals surface area (Å²) >= 11 is 0. The van der Waals surface area contributed by atoms with Crippen LogP contribution in [0.25, 0.3) is 11.0 Å². The third-order valence-electron chi connectivity index (χ3n) is 2.95. The first kappa shape index (κ1) is 10.2. The molecule has 0 spiro atoms. The summed E-state index contributed by atoms with van der Waals surface area (Å²) in [5.41, 5.74) is 1.13. The van der Waals surface area contributed by atoms with Gasteiger partial charge in [0.25, 0.3) is 5.91 Å². The smallest absolute Gasteiger partial charge is 0.272 e. The first-order chi connectivity index (χ1) is 8.36. The summed E-state index contributed by atoms with van der Waals surface area (Å²) in [6.07, 6.45) is 1.67. The number of H-pyrrole nitrogens is 1. The quantitative estimate of drug-likeness (QED) is 0.724. The summed E-state index contributed by atoms with van der Waals surface area (Å²) in [6, 6.07) is 3.67. The lowest BCUT2D eigenvalue weighted by Crippen LogP contribution is -2.46. The highest BCUT2D eigenvalue weighted by Crippen LogP contribution is 2.15. The monoisotopic (exact) mass is 231 g/mol. The van der Waals surface area contributed by atoms with Crippen molar-refractivity contribution in [1.82, 2.24) is 25.4 Å². The largest absolute Gasteiger partial charge is 0.335 e. The van der Waals surface area contributed by atoms with E-state index >= 15 is 0 Å². The van der Waals surface area contributed by atoms with Crippen molar-refractivity contribution in [2.75, 3.05) is 26.2 Å². The highest BCUT2D eigenvalue weighted by atomic mass is 16.2. The summed E-state index contributed by atoms with van der Waals surface area (Å²) in [6.45, 7) is 3.16. The SMILES string of the molecule is O=C(c1[nH]nc2ncccc12)N1CCNCC1. The summed E-state index contributed by atoms with van der Waals surface area (Å²) < 4.78 is 0. The normalized spacial score (nSPS) is 16.4. The maximum Gasteiger partial charge on any atom is 0.272 e. The van der Waals surface area contributed by atoms with Crippen molar-refractivity contribution >= 4 is 16.9 Å². The van der Waals surface area contributed by atoms with Crippen molar-refractivity contribution < 1.29 is 4.79 Å². The molecule has 1 fully saturated rings. The van der Waals surface area contributed by atoms with Gasteiger partial charge in [-0.05, 0) is 12.1 Å². The van der Waals surface area contributed by atoms with Gasteiger partial charge in [0.1, 0.15) is 5.69 Å². The van der Waals surface area contributed by atoms with Gasteiger partial charge in [0.05, 0.1) is 5.39 Å². The third-order valence-corrected chi connectivity index (χ3v) is 2.95. The lowest BCUT2D eigenvalue weighted by Gasteiger charge is -2.26. The zero-order valence-electron chi connectivity index (χ0n) is 9.31. The van der Waals surface area contributed by atoms with E-state index in [-0.39, 0.29) is 5.91 Å². The Morgan fingerprint density at radius 2 is 2.18 bits per heavy atom. The topological polar surface area (TPSA) is 73.9 Å². The van der Waals surface area contributed by atoms with Crippen molar-refractivity contribution in [3.8, 4) is 0 Å². The van der Waals surface area contributed by atoms with Gasteiger partial charge in [-0.15, -0.1) is 0 Å². The number of nitrogens with one attached hydrogen (secondary N) is 2. The van der Waals surface area contributed by atoms with Crippen molar-refractivity contribution in [3.05, 3.63) is 24.0 Å². The molecular formula is C11H13N5O. The second kappa shape index (κ2) is 4.14. The molecule has 3 rings (SSSR count). The van der Waals surface area contributed by atoms with Gasteiger partial charge < -0.3 is 10.2 Å². The molecule has 2 aromatic rings. The van der Waals surface area contributed by atoms with Crippen LogP contribution in [0, 0.1) is 0 Å². The summed E-state index contributed by atoms with van der Waals surface area (Å²) in [7, 11) is 0. The average molecular weight is 231 g/mol. The molecule has 88 valence electrons. The first-order valence-corrected chi connectivity index (χ1v) is 5.65. The van der Waals surface area contributed by atoms with Gasteiger partial charge in [-0.2, -0.15) is 5.10 Å². The van der Waals surface area contributed by atoms with E-state index in [0.29, 0.717) is 11.3 Å². The molecule has 1 aliphatic rings. The number of aromatic nitrogens is 3. The molecule has 2 N–H and O–H groups in total. The highest BCUT2D eigenvalue weighted by Gasteiger charge is 2.21. The van der Waals surface area contributed by atoms with Crippen molar-refractivity contribution in [2.24, 2.45) is 0 Å². The Balaban J connectivity index is 1.95. The number of piperazine rings is 1. The number of amides is 1. The number of carbonyl (C=O) groups is 1. The van der Waals surface area contributed by atoms with E-state index in [9.17, 15) is 4.79 Å². The fraction of sp³-hybridized carbons (Fsp3) is 0.364. The van der Waals surface area contributed by atoms with Crippen LogP contribution in [0.2, 0.25) is 0 Å². The Labute approximate surface area is 98.0 Å². The molecule has 0 atom stereocenters. The second-order valence-corrected chi connectivity index (χ2v) is 4.02. The molecule has 0 aromatic carbocycles. The molecule has 6 heteroatoms. The number of carbonyl (C=O) groups excluding carboxylic acids is 1. The van der Waals surface area contributed by atoms with E-state index in [1.54, 1.807) is 6.20 Å². The fourth-order valence-corrected chi connectivity index (χ4v) is 2.04. The van der Waals surface area contributed by atoms with Gasteiger partial charge in [0, 0.05) is 32.4 Å². The zero-order valence-corrected chi connectivity index (χ0v) is 9.31. The standard InChI is InChI=1S/C11H13N5O/c17-11(16-6-4-12-5-7-16)9-8-2-1-3-13-10(8)15-14-9/h1-3,12H,4-7H2,(H,13,14,15). The van der Waals surface area contributed by atoms with Gasteiger partial charge >= 0.3 is 0 Å². The maximum absolute atomic E-state index is 12.3. The molecule has 1 saturated heterocycles. The molecule has 1 amide bonds. The van der Waals surface area contributed by atoms with E-state index in [1.165, 1.54) is 0 Å². The van der Waals surface area contributed by atoms with Crippen LogP contribution in [0.15, 0.2) is 18.3 Å². The number of nitrogens with zero attached hydrogens (tertiary/aromatic N) is 3. The minimum Gasteiger partial charge on any atom is -0.335 e. The van der Waals surface area contributed by atoms with E-state index in [4.69, 9.17) is 0 Å². The van der Waals surface area contributed by atoms with Crippen LogP contribution in [0.3, 0.4) is 0 Å². The Hall–Kier alpha value is -1.95. The zero-order chi connectivity index (χ0) is 11.7. The predicted molar refractivity (Wildman–Crippen MR) is 62.7 cm³/mol. The van der Waals surface area contributed by atoms with E-state index in [1.807, 2.05) is 17.0 Å². The minimum absolute atomic E-state index is 0.00185. The minimum atomic E-state index is 0.00185. The van der Waals surface area contributed by atoms with E-state index in [2.05, 4.69) is 20.5 Å². The van der Waals surface area contributed by atoms with Crippen LogP contribution in [0.4, 0.5) is 0 Å². The van der Waals surface area contributed by atoms with Gasteiger partial charge in [-0.3, -0.25) is 9.89 Å². The Morgan fingerprint density at radius 3 is 3.00 bits per heavy atom. The molecule has 0 saturated carbocycles. The number of rotatable bonds is 1. The average Bonchev–Trinajstić information content (AvgIpc) is 2.83. The van der Waals surface area contributed by atoms with Gasteiger partial charge in [-0.1, -0.05) is 0 Å². The van der Waals surface area contributed by atoms with E-state index in [0.717, 1.165) is 31.6 Å². The van der Waals surface area contributed by atoms with Crippen molar-refractivity contribution in [2.45, 2.75) is 0 Å². The van der Waals surface area contributed by atoms with Crippen LogP contribution in [-0.4, -0.2) is 52.2 Å². The highest BCUT2D eigenvalue weighted by molar-refractivity contribution is 6.03. The number of hydrogen-bond acceptors (Lipinski definition) is 4. The second-order valence-electron chi connectivity index (χ2n) is 4.02. The summed E-state index contributed by atoms with van der Waals surface area (Å²) in [4.78, 5) is 18.2. The molecule has 2 aromatic heterocycles. The molecule has 0 aliphatic carbocycles. The Kier molecular flexibility index (Phi) is 2.49. The Morgan fingerprint density at radius 1 is 1.35 bits per heavy atom. The van der Waals surface area contributed by atoms with Crippen LogP contribution < -0.4 is 5.32 Å². The predicted octanol–water partition coefficient (Wildman–Crippen LogP) is 0.00330. The maximum atomic E-state index is 12.3. The Bertz CT molecular complexity index is 544. The molecule has 6 nitrogen and oxygen atoms in total. The molecule has 0 radical (unpaired) electrons. The van der Waals surface area contributed by atoms with Gasteiger partial charge in [0.15, 0.2) is 5.65 Å². The van der Waals surface area contributed by atoms with Crippen molar-refractivity contribution in [3.63, 3.8) is 0 Å². The summed E-state index contributed by atoms with van der Waals surface area (Å²) in [5, 5.41) is 10.8. The molecular weight excluding hydrogens is 218 g/mol. The number of pyridine rings is 1. The summed E-state index contributed by atoms with van der Waals surface area (Å²) in [5.74, 6) is 0.00185. The lowest BCUT2D eigenvalue weighted by molar-refractivity contribution is 0.0732. The number of hydrogen-bond donors (Lipinski definition) is 2. The van der Waals surface area contributed by atoms with Gasteiger partial charge in [-0.25, -0.2) is 4.98 Å². The van der Waals surface area contributed by atoms with Crippen molar-refractivity contribution in [1.29, 1.82) is 0 Å².